The highest BCUT2D eigenvalue weighted by molar-refractivity contribution is 5.75. The Bertz CT molecular complexity index is 1230. The van der Waals surface area contributed by atoms with Gasteiger partial charge < -0.3 is 0 Å². The minimum absolute atomic E-state index is 0.526. The van der Waals surface area contributed by atoms with E-state index in [1.165, 1.54) is 11.1 Å². The molecule has 0 atom stereocenters. The van der Waals surface area contributed by atoms with E-state index in [4.69, 9.17) is 15.1 Å². The smallest absolute Gasteiger partial charge is 0.251 e. The fourth-order valence-corrected chi connectivity index (χ4v) is 3.22. The van der Waals surface area contributed by atoms with Crippen LogP contribution in [0, 0.1) is 13.8 Å². The third kappa shape index (κ3) is 3.14. The molecule has 0 spiro atoms. The standard InChI is InChI=1S/C23H18N6/c1-15-9-10-17(13-16(15)2)20-14-29-23(26-20)27-21(18-7-3-5-11-24-18)22(28-29)19-8-4-6-12-25-19/h3-14H,1-2H3. The zero-order chi connectivity index (χ0) is 19.8. The molecule has 4 heterocycles. The van der Waals surface area contributed by atoms with Crippen molar-refractivity contribution in [2.45, 2.75) is 13.8 Å². The van der Waals surface area contributed by atoms with Crippen molar-refractivity contribution in [1.82, 2.24) is 29.5 Å². The number of hydrogen-bond donors (Lipinski definition) is 0. The number of fused-ring (bicyclic) bond motifs is 1. The van der Waals surface area contributed by atoms with Crippen LogP contribution in [0.15, 0.2) is 73.2 Å². The molecule has 0 saturated carbocycles. The van der Waals surface area contributed by atoms with Gasteiger partial charge in [0.05, 0.1) is 23.3 Å². The molecule has 0 aliphatic rings. The molecule has 5 aromatic rings. The summed E-state index contributed by atoms with van der Waals surface area (Å²) in [6, 6.07) is 17.8. The molecule has 0 N–H and O–H groups in total. The molecule has 4 aromatic heterocycles. The fraction of sp³-hybridized carbons (Fsp3) is 0.0870. The maximum absolute atomic E-state index is 4.80. The Labute approximate surface area is 168 Å². The van der Waals surface area contributed by atoms with Crippen LogP contribution in [-0.2, 0) is 0 Å². The van der Waals surface area contributed by atoms with Gasteiger partial charge in [-0.15, -0.1) is 0 Å². The number of benzene rings is 1. The lowest BCUT2D eigenvalue weighted by Gasteiger charge is -2.07. The minimum Gasteiger partial charge on any atom is -0.255 e. The predicted molar refractivity (Wildman–Crippen MR) is 112 cm³/mol. The lowest BCUT2D eigenvalue weighted by atomic mass is 10.1. The molecule has 0 fully saturated rings. The van der Waals surface area contributed by atoms with Crippen LogP contribution in [0.4, 0.5) is 0 Å². The van der Waals surface area contributed by atoms with E-state index >= 15 is 0 Å². The summed E-state index contributed by atoms with van der Waals surface area (Å²) in [5.74, 6) is 0.526. The van der Waals surface area contributed by atoms with Gasteiger partial charge in [0.2, 0.25) is 0 Å². The largest absolute Gasteiger partial charge is 0.255 e. The summed E-state index contributed by atoms with van der Waals surface area (Å²) >= 11 is 0. The van der Waals surface area contributed by atoms with Crippen LogP contribution in [0.2, 0.25) is 0 Å². The molecule has 140 valence electrons. The van der Waals surface area contributed by atoms with Gasteiger partial charge in [-0.2, -0.15) is 5.10 Å². The summed E-state index contributed by atoms with van der Waals surface area (Å²) in [5.41, 5.74) is 7.16. The number of aryl methyl sites for hydroxylation is 2. The van der Waals surface area contributed by atoms with Crippen molar-refractivity contribution in [1.29, 1.82) is 0 Å². The summed E-state index contributed by atoms with van der Waals surface area (Å²) in [6.45, 7) is 4.20. The lowest BCUT2D eigenvalue weighted by molar-refractivity contribution is 0.906. The fourth-order valence-electron chi connectivity index (χ4n) is 3.22. The van der Waals surface area contributed by atoms with E-state index < -0.39 is 0 Å². The summed E-state index contributed by atoms with van der Waals surface area (Å²) in [5, 5.41) is 4.80. The Morgan fingerprint density at radius 1 is 0.690 bits per heavy atom. The van der Waals surface area contributed by atoms with Gasteiger partial charge in [0.25, 0.3) is 5.78 Å². The third-order valence-electron chi connectivity index (χ3n) is 4.93. The molecule has 0 unspecified atom stereocenters. The molecule has 5 rings (SSSR count). The normalized spacial score (nSPS) is 11.1. The molecule has 6 nitrogen and oxygen atoms in total. The molecule has 0 aliphatic carbocycles. The number of imidazole rings is 1. The van der Waals surface area contributed by atoms with Crippen LogP contribution < -0.4 is 0 Å². The number of rotatable bonds is 3. The molecular formula is C23H18N6. The minimum atomic E-state index is 0.526. The van der Waals surface area contributed by atoms with Crippen LogP contribution in [0.1, 0.15) is 11.1 Å². The molecule has 0 amide bonds. The van der Waals surface area contributed by atoms with Crippen LogP contribution >= 0.6 is 0 Å². The van der Waals surface area contributed by atoms with Gasteiger partial charge in [0, 0.05) is 18.0 Å². The summed E-state index contributed by atoms with van der Waals surface area (Å²) < 4.78 is 1.71. The summed E-state index contributed by atoms with van der Waals surface area (Å²) in [6.07, 6.45) is 5.40. The van der Waals surface area contributed by atoms with Crippen molar-refractivity contribution in [2.24, 2.45) is 0 Å². The SMILES string of the molecule is Cc1ccc(-c2cn3nc(-c4ccccn4)c(-c4ccccn4)nc3n2)cc1C. The van der Waals surface area contributed by atoms with Gasteiger partial charge in [-0.05, 0) is 55.3 Å². The van der Waals surface area contributed by atoms with Gasteiger partial charge >= 0.3 is 0 Å². The second kappa shape index (κ2) is 6.91. The second-order valence-corrected chi connectivity index (χ2v) is 6.91. The first-order valence-corrected chi connectivity index (χ1v) is 9.37. The summed E-state index contributed by atoms with van der Waals surface area (Å²) in [4.78, 5) is 18.4. The number of hydrogen-bond acceptors (Lipinski definition) is 5. The summed E-state index contributed by atoms with van der Waals surface area (Å²) in [7, 11) is 0. The predicted octanol–water partition coefficient (Wildman–Crippen LogP) is 4.53. The van der Waals surface area contributed by atoms with Crippen LogP contribution in [0.5, 0.6) is 0 Å². The Morgan fingerprint density at radius 3 is 2.07 bits per heavy atom. The monoisotopic (exact) mass is 378 g/mol. The first-order chi connectivity index (χ1) is 14.2. The van der Waals surface area contributed by atoms with E-state index in [1.807, 2.05) is 42.6 Å². The van der Waals surface area contributed by atoms with Gasteiger partial charge in [0.15, 0.2) is 0 Å². The van der Waals surface area contributed by atoms with Crippen molar-refractivity contribution >= 4 is 5.78 Å². The van der Waals surface area contributed by atoms with Gasteiger partial charge in [0.1, 0.15) is 11.4 Å². The van der Waals surface area contributed by atoms with E-state index in [1.54, 1.807) is 16.9 Å². The molecule has 1 aromatic carbocycles. The van der Waals surface area contributed by atoms with Gasteiger partial charge in [-0.1, -0.05) is 24.3 Å². The van der Waals surface area contributed by atoms with E-state index in [0.717, 1.165) is 22.6 Å². The van der Waals surface area contributed by atoms with E-state index in [2.05, 4.69) is 42.0 Å². The van der Waals surface area contributed by atoms with Gasteiger partial charge in [-0.25, -0.2) is 14.5 Å². The second-order valence-electron chi connectivity index (χ2n) is 6.91. The Kier molecular flexibility index (Phi) is 4.09. The molecule has 0 saturated heterocycles. The highest BCUT2D eigenvalue weighted by Crippen LogP contribution is 2.28. The maximum Gasteiger partial charge on any atom is 0.251 e. The Morgan fingerprint density at radius 2 is 1.41 bits per heavy atom. The first kappa shape index (κ1) is 17.2. The lowest BCUT2D eigenvalue weighted by Crippen LogP contribution is -2.02. The molecule has 6 heteroatoms. The highest BCUT2D eigenvalue weighted by atomic mass is 15.3. The van der Waals surface area contributed by atoms with E-state index in [-0.39, 0.29) is 0 Å². The van der Waals surface area contributed by atoms with Crippen LogP contribution in [0.3, 0.4) is 0 Å². The number of nitrogens with zero attached hydrogens (tertiary/aromatic N) is 6. The quantitative estimate of drug-likeness (QED) is 0.461. The topological polar surface area (TPSA) is 68.9 Å². The average molecular weight is 378 g/mol. The van der Waals surface area contributed by atoms with Gasteiger partial charge in [-0.3, -0.25) is 9.97 Å². The zero-order valence-corrected chi connectivity index (χ0v) is 16.1. The van der Waals surface area contributed by atoms with E-state index in [9.17, 15) is 0 Å². The Hall–Kier alpha value is -3.93. The Balaban J connectivity index is 1.73. The maximum atomic E-state index is 4.80. The molecule has 0 aliphatic heterocycles. The van der Waals surface area contributed by atoms with Crippen molar-refractivity contribution in [3.05, 3.63) is 84.3 Å². The molecule has 29 heavy (non-hydrogen) atoms. The molecule has 0 radical (unpaired) electrons. The van der Waals surface area contributed by atoms with E-state index in [0.29, 0.717) is 17.2 Å². The third-order valence-corrected chi connectivity index (χ3v) is 4.93. The molecule has 0 bridgehead atoms. The van der Waals surface area contributed by atoms with Crippen molar-refractivity contribution in [3.8, 4) is 34.0 Å². The van der Waals surface area contributed by atoms with Crippen molar-refractivity contribution < 1.29 is 0 Å². The zero-order valence-electron chi connectivity index (χ0n) is 16.1. The average Bonchev–Trinajstić information content (AvgIpc) is 3.19. The van der Waals surface area contributed by atoms with Crippen LogP contribution in [0.25, 0.3) is 39.8 Å². The van der Waals surface area contributed by atoms with Crippen LogP contribution in [-0.4, -0.2) is 29.5 Å². The highest BCUT2D eigenvalue weighted by Gasteiger charge is 2.17. The number of pyridine rings is 2. The number of aromatic nitrogens is 6. The first-order valence-electron chi connectivity index (χ1n) is 9.37. The van der Waals surface area contributed by atoms with Crippen molar-refractivity contribution in [3.63, 3.8) is 0 Å². The molecular weight excluding hydrogens is 360 g/mol. The van der Waals surface area contributed by atoms with Crippen molar-refractivity contribution in [2.75, 3.05) is 0 Å².